The average Bonchev–Trinajstić information content (AvgIpc) is 3.77. The van der Waals surface area contributed by atoms with Gasteiger partial charge in [0.15, 0.2) is 0 Å². The van der Waals surface area contributed by atoms with E-state index in [9.17, 15) is 13.2 Å². The van der Waals surface area contributed by atoms with E-state index in [2.05, 4.69) is 25.6 Å². The summed E-state index contributed by atoms with van der Waals surface area (Å²) in [4.78, 5) is 16.8. The number of benzene rings is 2. The Morgan fingerprint density at radius 1 is 0.775 bits per heavy atom. The predicted octanol–water partition coefficient (Wildman–Crippen LogP) is 2.92. The standard InChI is InChI=1S/C30H50N6O3S/c1-35(2)28-14-8-13-27-26(28)12-9-15-29(27)40(38,39)34-22-5-3-4-16-30(37)33-21-10-19-31-17-6-7-18-32-20-11-23-36-24-25-36/h8-9,12-15,31-32,34H,3-7,10-11,16-25H2,1-2H3,(H,33,37). The van der Waals surface area contributed by atoms with Crippen molar-refractivity contribution in [2.45, 2.75) is 56.3 Å². The fourth-order valence-electron chi connectivity index (χ4n) is 4.76. The zero-order chi connectivity index (χ0) is 28.6. The lowest BCUT2D eigenvalue weighted by Crippen LogP contribution is -2.28. The van der Waals surface area contributed by atoms with Crippen molar-refractivity contribution in [3.63, 3.8) is 0 Å². The van der Waals surface area contributed by atoms with Crippen LogP contribution in [0.4, 0.5) is 5.69 Å². The molecule has 40 heavy (non-hydrogen) atoms. The molecule has 1 aliphatic heterocycles. The van der Waals surface area contributed by atoms with Crippen LogP contribution >= 0.6 is 0 Å². The number of amides is 1. The van der Waals surface area contributed by atoms with Gasteiger partial charge in [0.1, 0.15) is 0 Å². The van der Waals surface area contributed by atoms with E-state index in [1.54, 1.807) is 12.1 Å². The summed E-state index contributed by atoms with van der Waals surface area (Å²) in [5, 5.41) is 11.6. The average molecular weight is 575 g/mol. The van der Waals surface area contributed by atoms with Crippen LogP contribution in [0, 0.1) is 0 Å². The first-order valence-electron chi connectivity index (χ1n) is 15.0. The summed E-state index contributed by atoms with van der Waals surface area (Å²) in [5.41, 5.74) is 0.982. The summed E-state index contributed by atoms with van der Waals surface area (Å²) in [7, 11) is 0.274. The molecule has 1 heterocycles. The minimum atomic E-state index is -3.62. The number of nitrogens with one attached hydrogen (secondary N) is 4. The highest BCUT2D eigenvalue weighted by atomic mass is 32.2. The van der Waals surface area contributed by atoms with Gasteiger partial charge in [-0.1, -0.05) is 30.7 Å². The maximum absolute atomic E-state index is 13.0. The van der Waals surface area contributed by atoms with Gasteiger partial charge < -0.3 is 25.8 Å². The summed E-state index contributed by atoms with van der Waals surface area (Å²) < 4.78 is 28.7. The molecular formula is C30H50N6O3S. The molecule has 2 aromatic carbocycles. The first-order valence-corrected chi connectivity index (χ1v) is 16.5. The first kappa shape index (κ1) is 32.3. The van der Waals surface area contributed by atoms with E-state index in [4.69, 9.17) is 0 Å². The number of carbonyl (C=O) groups excluding carboxylic acids is 1. The summed E-state index contributed by atoms with van der Waals surface area (Å²) >= 11 is 0. The number of anilines is 1. The Hall–Kier alpha value is -2.24. The SMILES string of the molecule is CN(C)c1cccc2c(S(=O)(=O)NCCCCCC(=O)NCCCNCCCCNCCCN3CC3)cccc12. The molecule has 10 heteroatoms. The molecule has 0 spiro atoms. The van der Waals surface area contributed by atoms with Crippen LogP contribution in [0.2, 0.25) is 0 Å². The minimum absolute atomic E-state index is 0.0672. The second-order valence-electron chi connectivity index (χ2n) is 10.8. The zero-order valence-electron chi connectivity index (χ0n) is 24.5. The fourth-order valence-corrected chi connectivity index (χ4v) is 6.06. The Morgan fingerprint density at radius 3 is 2.15 bits per heavy atom. The molecule has 3 rings (SSSR count). The molecule has 1 aliphatic rings. The van der Waals surface area contributed by atoms with E-state index in [0.717, 1.165) is 56.5 Å². The summed E-state index contributed by atoms with van der Waals surface area (Å²) in [6.45, 7) is 8.99. The topological polar surface area (TPSA) is 106 Å². The summed E-state index contributed by atoms with van der Waals surface area (Å²) in [5.74, 6) is 0.0672. The molecule has 0 atom stereocenters. The lowest BCUT2D eigenvalue weighted by Gasteiger charge is -2.17. The predicted molar refractivity (Wildman–Crippen MR) is 166 cm³/mol. The van der Waals surface area contributed by atoms with E-state index < -0.39 is 10.0 Å². The monoisotopic (exact) mass is 574 g/mol. The second kappa shape index (κ2) is 17.5. The Labute approximate surface area is 241 Å². The Kier molecular flexibility index (Phi) is 14.2. The van der Waals surface area contributed by atoms with Gasteiger partial charge in [-0.3, -0.25) is 4.79 Å². The van der Waals surface area contributed by atoms with Crippen molar-refractivity contribution in [3.8, 4) is 0 Å². The lowest BCUT2D eigenvalue weighted by molar-refractivity contribution is -0.121. The van der Waals surface area contributed by atoms with Gasteiger partial charge in [0, 0.05) is 63.2 Å². The van der Waals surface area contributed by atoms with E-state index in [1.165, 1.54) is 38.9 Å². The van der Waals surface area contributed by atoms with E-state index in [1.807, 2.05) is 43.3 Å². The molecule has 1 fully saturated rings. The molecule has 4 N–H and O–H groups in total. The van der Waals surface area contributed by atoms with Gasteiger partial charge >= 0.3 is 0 Å². The molecule has 0 aliphatic carbocycles. The molecule has 1 amide bonds. The molecule has 1 saturated heterocycles. The summed E-state index contributed by atoms with van der Waals surface area (Å²) in [6, 6.07) is 11.1. The Balaban J connectivity index is 1.17. The third-order valence-electron chi connectivity index (χ3n) is 7.18. The highest BCUT2D eigenvalue weighted by Gasteiger charge is 2.18. The van der Waals surface area contributed by atoms with Gasteiger partial charge in [0.2, 0.25) is 15.9 Å². The third-order valence-corrected chi connectivity index (χ3v) is 8.70. The number of nitrogens with zero attached hydrogens (tertiary/aromatic N) is 2. The van der Waals surface area contributed by atoms with Crippen LogP contribution < -0.4 is 25.6 Å². The molecule has 0 bridgehead atoms. The van der Waals surface area contributed by atoms with Gasteiger partial charge in [-0.25, -0.2) is 13.1 Å². The van der Waals surface area contributed by atoms with Crippen LogP contribution in [0.1, 0.15) is 51.4 Å². The van der Waals surface area contributed by atoms with Crippen molar-refractivity contribution in [1.29, 1.82) is 0 Å². The minimum Gasteiger partial charge on any atom is -0.377 e. The number of sulfonamides is 1. The maximum Gasteiger partial charge on any atom is 0.241 e. The quantitative estimate of drug-likeness (QED) is 0.127. The van der Waals surface area contributed by atoms with Crippen LogP contribution in [-0.4, -0.2) is 92.2 Å². The maximum atomic E-state index is 13.0. The van der Waals surface area contributed by atoms with E-state index >= 15 is 0 Å². The summed E-state index contributed by atoms with van der Waals surface area (Å²) in [6.07, 6.45) is 7.24. The molecule has 0 saturated carbocycles. The molecule has 9 nitrogen and oxygen atoms in total. The zero-order valence-corrected chi connectivity index (χ0v) is 25.3. The van der Waals surface area contributed by atoms with Crippen molar-refractivity contribution in [3.05, 3.63) is 36.4 Å². The molecule has 2 aromatic rings. The van der Waals surface area contributed by atoms with Gasteiger partial charge in [-0.2, -0.15) is 0 Å². The van der Waals surface area contributed by atoms with Crippen LogP contribution in [0.25, 0.3) is 10.8 Å². The highest BCUT2D eigenvalue weighted by molar-refractivity contribution is 7.89. The Morgan fingerprint density at radius 2 is 1.43 bits per heavy atom. The van der Waals surface area contributed by atoms with E-state index in [0.29, 0.717) is 36.2 Å². The van der Waals surface area contributed by atoms with Crippen molar-refractivity contribution in [2.75, 3.05) is 77.9 Å². The van der Waals surface area contributed by atoms with Crippen LogP contribution in [0.5, 0.6) is 0 Å². The molecule has 224 valence electrons. The van der Waals surface area contributed by atoms with Crippen LogP contribution in [0.3, 0.4) is 0 Å². The van der Waals surface area contributed by atoms with E-state index in [-0.39, 0.29) is 5.91 Å². The number of hydrogen-bond acceptors (Lipinski definition) is 7. The molecule has 0 aromatic heterocycles. The second-order valence-corrected chi connectivity index (χ2v) is 12.6. The number of unbranched alkanes of at least 4 members (excludes halogenated alkanes) is 3. The Bertz CT molecular complexity index is 1140. The van der Waals surface area contributed by atoms with Crippen molar-refractivity contribution >= 4 is 32.4 Å². The van der Waals surface area contributed by atoms with Gasteiger partial charge in [-0.05, 0) is 83.4 Å². The molecule has 0 radical (unpaired) electrons. The van der Waals surface area contributed by atoms with Crippen molar-refractivity contribution in [2.24, 2.45) is 0 Å². The van der Waals surface area contributed by atoms with Gasteiger partial charge in [0.25, 0.3) is 0 Å². The van der Waals surface area contributed by atoms with Crippen LogP contribution in [-0.2, 0) is 14.8 Å². The molecular weight excluding hydrogens is 524 g/mol. The van der Waals surface area contributed by atoms with Gasteiger partial charge in [0.05, 0.1) is 4.90 Å². The first-order chi connectivity index (χ1) is 19.4. The largest absolute Gasteiger partial charge is 0.377 e. The molecule has 0 unspecified atom stereocenters. The normalized spacial score (nSPS) is 13.6. The fraction of sp³-hybridized carbons (Fsp3) is 0.633. The number of fused-ring (bicyclic) bond motifs is 1. The number of rotatable bonds is 22. The smallest absolute Gasteiger partial charge is 0.241 e. The third kappa shape index (κ3) is 11.7. The lowest BCUT2D eigenvalue weighted by atomic mass is 10.1. The van der Waals surface area contributed by atoms with Crippen LogP contribution in [0.15, 0.2) is 41.3 Å². The van der Waals surface area contributed by atoms with Crippen molar-refractivity contribution in [1.82, 2.24) is 25.6 Å². The van der Waals surface area contributed by atoms with Gasteiger partial charge in [-0.15, -0.1) is 0 Å². The van der Waals surface area contributed by atoms with Crippen molar-refractivity contribution < 1.29 is 13.2 Å². The highest BCUT2D eigenvalue weighted by Crippen LogP contribution is 2.30. The number of carbonyl (C=O) groups is 1. The number of hydrogen-bond donors (Lipinski definition) is 4.